The quantitative estimate of drug-likeness (QED) is 0.768. The minimum atomic E-state index is 0.593. The molecule has 0 spiro atoms. The molecule has 106 valence electrons. The summed E-state index contributed by atoms with van der Waals surface area (Å²) in [5.41, 5.74) is 10.9. The van der Waals surface area contributed by atoms with Crippen LogP contribution in [0.25, 0.3) is 22.4 Å². The lowest BCUT2D eigenvalue weighted by atomic mass is 10.00. The van der Waals surface area contributed by atoms with Crippen molar-refractivity contribution in [2.75, 3.05) is 5.73 Å². The number of nitrogens with two attached hydrogens (primary N) is 1. The maximum atomic E-state index is 6.31. The normalized spacial score (nSPS) is 10.8. The van der Waals surface area contributed by atoms with Gasteiger partial charge in [-0.15, -0.1) is 0 Å². The van der Waals surface area contributed by atoms with Crippen LogP contribution in [0.15, 0.2) is 41.1 Å². The fraction of sp³-hybridized carbons (Fsp3) is 0.125. The predicted octanol–water partition coefficient (Wildman–Crippen LogP) is 4.26. The Morgan fingerprint density at radius 3 is 2.67 bits per heavy atom. The molecule has 0 amide bonds. The molecule has 0 saturated carbocycles. The van der Waals surface area contributed by atoms with E-state index in [2.05, 4.69) is 10.1 Å². The van der Waals surface area contributed by atoms with Crippen LogP contribution in [-0.4, -0.2) is 10.1 Å². The number of hydrogen-bond acceptors (Lipinski definition) is 4. The van der Waals surface area contributed by atoms with Crippen LogP contribution < -0.4 is 5.73 Å². The molecule has 0 aliphatic rings. The largest absolute Gasteiger partial charge is 0.397 e. The number of aryl methyl sites for hydroxylation is 2. The molecule has 0 atom stereocenters. The lowest BCUT2D eigenvalue weighted by Gasteiger charge is -2.09. The lowest BCUT2D eigenvalue weighted by Crippen LogP contribution is -1.94. The Kier molecular flexibility index (Phi) is 3.39. The molecule has 2 aromatic heterocycles. The molecule has 0 saturated heterocycles. The SMILES string of the molecule is Cc1noc(C)c1-c1ccc(Cl)c(-c2ncccc2N)c1. The van der Waals surface area contributed by atoms with Crippen LogP contribution in [0.3, 0.4) is 0 Å². The van der Waals surface area contributed by atoms with Crippen LogP contribution in [0.2, 0.25) is 5.02 Å². The first-order valence-corrected chi connectivity index (χ1v) is 6.89. The molecule has 5 heteroatoms. The molecule has 1 aromatic carbocycles. The number of aromatic nitrogens is 2. The van der Waals surface area contributed by atoms with Gasteiger partial charge in [-0.25, -0.2) is 0 Å². The first-order valence-electron chi connectivity index (χ1n) is 6.51. The average Bonchev–Trinajstić information content (AvgIpc) is 2.80. The number of hydrogen-bond donors (Lipinski definition) is 1. The van der Waals surface area contributed by atoms with E-state index in [-0.39, 0.29) is 0 Å². The van der Waals surface area contributed by atoms with Gasteiger partial charge in [-0.3, -0.25) is 4.98 Å². The predicted molar refractivity (Wildman–Crippen MR) is 84.1 cm³/mol. The highest BCUT2D eigenvalue weighted by Crippen LogP contribution is 2.35. The van der Waals surface area contributed by atoms with Crippen molar-refractivity contribution in [3.05, 3.63) is 53.0 Å². The second-order valence-corrected chi connectivity index (χ2v) is 5.24. The second kappa shape index (κ2) is 5.22. The van der Waals surface area contributed by atoms with Gasteiger partial charge in [0.1, 0.15) is 5.76 Å². The molecule has 0 unspecified atom stereocenters. The molecular weight excluding hydrogens is 286 g/mol. The fourth-order valence-electron chi connectivity index (χ4n) is 2.40. The van der Waals surface area contributed by atoms with Crippen LogP contribution in [0.5, 0.6) is 0 Å². The molecule has 0 fully saturated rings. The van der Waals surface area contributed by atoms with Crippen LogP contribution in [0.1, 0.15) is 11.5 Å². The van der Waals surface area contributed by atoms with Crippen LogP contribution in [-0.2, 0) is 0 Å². The van der Waals surface area contributed by atoms with Crippen molar-refractivity contribution in [1.29, 1.82) is 0 Å². The molecule has 2 N–H and O–H groups in total. The zero-order chi connectivity index (χ0) is 15.0. The lowest BCUT2D eigenvalue weighted by molar-refractivity contribution is 0.393. The molecule has 3 rings (SSSR count). The number of pyridine rings is 1. The first kappa shape index (κ1) is 13.6. The van der Waals surface area contributed by atoms with E-state index in [9.17, 15) is 0 Å². The number of nitrogen functional groups attached to an aromatic ring is 1. The topological polar surface area (TPSA) is 64.9 Å². The third-order valence-electron chi connectivity index (χ3n) is 3.38. The minimum Gasteiger partial charge on any atom is -0.397 e. The summed E-state index contributed by atoms with van der Waals surface area (Å²) in [6, 6.07) is 9.35. The van der Waals surface area contributed by atoms with Gasteiger partial charge in [0.05, 0.1) is 22.1 Å². The van der Waals surface area contributed by atoms with E-state index in [1.54, 1.807) is 18.3 Å². The van der Waals surface area contributed by atoms with Crippen molar-refractivity contribution in [2.24, 2.45) is 0 Å². The van der Waals surface area contributed by atoms with Gasteiger partial charge in [0.2, 0.25) is 0 Å². The van der Waals surface area contributed by atoms with Crippen LogP contribution in [0, 0.1) is 13.8 Å². The summed E-state index contributed by atoms with van der Waals surface area (Å²) in [6.07, 6.45) is 1.70. The number of benzene rings is 1. The number of rotatable bonds is 2. The van der Waals surface area contributed by atoms with E-state index in [0.717, 1.165) is 28.1 Å². The molecule has 3 aromatic rings. The first-order chi connectivity index (χ1) is 10.1. The van der Waals surface area contributed by atoms with E-state index in [1.165, 1.54) is 0 Å². The van der Waals surface area contributed by atoms with Gasteiger partial charge in [-0.05, 0) is 43.7 Å². The van der Waals surface area contributed by atoms with Crippen molar-refractivity contribution in [3.63, 3.8) is 0 Å². The maximum Gasteiger partial charge on any atom is 0.141 e. The smallest absolute Gasteiger partial charge is 0.141 e. The van der Waals surface area contributed by atoms with Crippen molar-refractivity contribution in [1.82, 2.24) is 10.1 Å². The van der Waals surface area contributed by atoms with E-state index >= 15 is 0 Å². The summed E-state index contributed by atoms with van der Waals surface area (Å²) < 4.78 is 5.23. The zero-order valence-corrected chi connectivity index (χ0v) is 12.5. The monoisotopic (exact) mass is 299 g/mol. The van der Waals surface area contributed by atoms with Crippen molar-refractivity contribution in [3.8, 4) is 22.4 Å². The van der Waals surface area contributed by atoms with Crippen molar-refractivity contribution < 1.29 is 4.52 Å². The Bertz CT molecular complexity index is 792. The molecular formula is C16H14ClN3O. The molecule has 4 nitrogen and oxygen atoms in total. The van der Waals surface area contributed by atoms with Gasteiger partial charge in [0, 0.05) is 17.3 Å². The Morgan fingerprint density at radius 2 is 2.00 bits per heavy atom. The highest BCUT2D eigenvalue weighted by molar-refractivity contribution is 6.33. The summed E-state index contributed by atoms with van der Waals surface area (Å²) in [6.45, 7) is 3.80. The third kappa shape index (κ3) is 2.38. The van der Waals surface area contributed by atoms with Gasteiger partial charge in [-0.1, -0.05) is 22.8 Å². The summed E-state index contributed by atoms with van der Waals surface area (Å²) in [7, 11) is 0. The van der Waals surface area contributed by atoms with Crippen LogP contribution in [0.4, 0.5) is 5.69 Å². The van der Waals surface area contributed by atoms with E-state index in [0.29, 0.717) is 16.4 Å². The van der Waals surface area contributed by atoms with Gasteiger partial charge in [0.15, 0.2) is 0 Å². The average molecular weight is 300 g/mol. The Hall–Kier alpha value is -2.33. The van der Waals surface area contributed by atoms with Crippen molar-refractivity contribution >= 4 is 17.3 Å². The van der Waals surface area contributed by atoms with Crippen molar-refractivity contribution in [2.45, 2.75) is 13.8 Å². The summed E-state index contributed by atoms with van der Waals surface area (Å²) in [5.74, 6) is 0.773. The fourth-order valence-corrected chi connectivity index (χ4v) is 2.61. The molecule has 2 heterocycles. The Labute approximate surface area is 127 Å². The standard InChI is InChI=1S/C16H14ClN3O/c1-9-15(10(2)21-20-9)11-5-6-13(17)12(8-11)16-14(18)4-3-7-19-16/h3-8H,18H2,1-2H3. The molecule has 0 bridgehead atoms. The molecule has 21 heavy (non-hydrogen) atoms. The van der Waals surface area contributed by atoms with Gasteiger partial charge < -0.3 is 10.3 Å². The highest BCUT2D eigenvalue weighted by atomic mass is 35.5. The highest BCUT2D eigenvalue weighted by Gasteiger charge is 2.15. The molecule has 0 aliphatic carbocycles. The zero-order valence-electron chi connectivity index (χ0n) is 11.7. The van der Waals surface area contributed by atoms with Crippen LogP contribution >= 0.6 is 11.6 Å². The van der Waals surface area contributed by atoms with E-state index in [4.69, 9.17) is 21.9 Å². The van der Waals surface area contributed by atoms with E-state index < -0.39 is 0 Å². The second-order valence-electron chi connectivity index (χ2n) is 4.84. The number of halogens is 1. The molecule has 0 aliphatic heterocycles. The summed E-state index contributed by atoms with van der Waals surface area (Å²) >= 11 is 6.31. The maximum absolute atomic E-state index is 6.31. The van der Waals surface area contributed by atoms with Gasteiger partial charge in [0.25, 0.3) is 0 Å². The van der Waals surface area contributed by atoms with Gasteiger partial charge in [-0.2, -0.15) is 0 Å². The minimum absolute atomic E-state index is 0.593. The number of anilines is 1. The Morgan fingerprint density at radius 1 is 1.19 bits per heavy atom. The summed E-state index contributed by atoms with van der Waals surface area (Å²) in [5, 5.41) is 4.59. The Balaban J connectivity index is 2.20. The van der Waals surface area contributed by atoms with E-state index in [1.807, 2.05) is 32.0 Å². The third-order valence-corrected chi connectivity index (χ3v) is 3.71. The molecule has 0 radical (unpaired) electrons. The summed E-state index contributed by atoms with van der Waals surface area (Å²) in [4.78, 5) is 4.33. The van der Waals surface area contributed by atoms with Gasteiger partial charge >= 0.3 is 0 Å². The number of nitrogens with zero attached hydrogens (tertiary/aromatic N) is 2.